The summed E-state index contributed by atoms with van der Waals surface area (Å²) in [7, 11) is 0. The Morgan fingerprint density at radius 3 is 1.76 bits per heavy atom. The fourth-order valence-electron chi connectivity index (χ4n) is 8.42. The van der Waals surface area contributed by atoms with Gasteiger partial charge in [0.05, 0.1) is 11.2 Å². The largest absolute Gasteiger partial charge is 0.294 e. The lowest BCUT2D eigenvalue weighted by Crippen LogP contribution is -1.94. The first kappa shape index (κ1) is 28.0. The van der Waals surface area contributed by atoms with Crippen LogP contribution in [0.3, 0.4) is 0 Å². The van der Waals surface area contributed by atoms with Gasteiger partial charge in [0.2, 0.25) is 0 Å². The third-order valence-electron chi connectivity index (χ3n) is 10.7. The fourth-order valence-corrected chi connectivity index (χ4v) is 8.42. The van der Waals surface area contributed by atoms with Crippen LogP contribution in [0.25, 0.3) is 104 Å². The predicted molar refractivity (Wildman–Crippen MR) is 214 cm³/mol. The molecule has 0 saturated carbocycles. The Hall–Kier alpha value is -6.84. The lowest BCUT2D eigenvalue weighted by Gasteiger charge is -2.18. The molecule has 0 bridgehead atoms. The molecule has 3 heterocycles. The molecule has 3 aromatic heterocycles. The molecule has 3 heteroatoms. The Kier molecular flexibility index (Phi) is 5.96. The molecule has 0 amide bonds. The Labute approximate surface area is 294 Å². The second-order valence-electron chi connectivity index (χ2n) is 13.3. The van der Waals surface area contributed by atoms with Crippen molar-refractivity contribution in [1.29, 1.82) is 0 Å². The Bertz CT molecular complexity index is 3120. The van der Waals surface area contributed by atoms with Gasteiger partial charge < -0.3 is 0 Å². The molecule has 11 aromatic rings. The average Bonchev–Trinajstić information content (AvgIpc) is 3.54. The quantitative estimate of drug-likeness (QED) is 0.178. The van der Waals surface area contributed by atoms with E-state index in [0.717, 1.165) is 33.5 Å². The lowest BCUT2D eigenvalue weighted by atomic mass is 9.86. The van der Waals surface area contributed by atoms with Gasteiger partial charge in [-0.15, -0.1) is 0 Å². The van der Waals surface area contributed by atoms with E-state index in [-0.39, 0.29) is 0 Å². The number of rotatable bonds is 4. The molecule has 3 nitrogen and oxygen atoms in total. The maximum Gasteiger partial charge on any atom is 0.145 e. The van der Waals surface area contributed by atoms with Crippen molar-refractivity contribution in [3.05, 3.63) is 176 Å². The average molecular weight is 648 g/mol. The SMILES string of the molecule is c1ccc(-n2c3ccc(-c4ccc(-c5ccc6ccc7c(-c8ccccn8)ccc8ccc5c6c87)c5ccccc45)cc3c3cccnc32)cc1. The summed E-state index contributed by atoms with van der Waals surface area (Å²) in [5.41, 5.74) is 10.3. The van der Waals surface area contributed by atoms with Gasteiger partial charge in [-0.2, -0.15) is 0 Å². The minimum atomic E-state index is 0.970. The summed E-state index contributed by atoms with van der Waals surface area (Å²) >= 11 is 0. The van der Waals surface area contributed by atoms with Crippen LogP contribution in [-0.4, -0.2) is 14.5 Å². The highest BCUT2D eigenvalue weighted by Crippen LogP contribution is 2.45. The molecule has 0 radical (unpaired) electrons. The van der Waals surface area contributed by atoms with Crippen molar-refractivity contribution in [3.63, 3.8) is 0 Å². The standard InChI is InChI=1S/C48H29N3/c1-2-9-33(10-3-1)51-45-26-19-32(29-43(45)42-13-8-28-50-48(42)51)34-24-25-37(36-12-5-4-11-35(34)36)38-20-15-30-18-23-41-39(44-14-6-7-27-49-44)21-16-31-17-22-40(38)46(30)47(31)41/h1-29H. The molecule has 51 heavy (non-hydrogen) atoms. The number of pyridine rings is 2. The van der Waals surface area contributed by atoms with Gasteiger partial charge in [0.25, 0.3) is 0 Å². The topological polar surface area (TPSA) is 30.7 Å². The zero-order valence-electron chi connectivity index (χ0n) is 27.6. The van der Waals surface area contributed by atoms with Crippen LogP contribution in [-0.2, 0) is 0 Å². The van der Waals surface area contributed by atoms with Gasteiger partial charge in [0.15, 0.2) is 0 Å². The van der Waals surface area contributed by atoms with Gasteiger partial charge in [-0.3, -0.25) is 9.55 Å². The second kappa shape index (κ2) is 10.8. The molecule has 0 aliphatic heterocycles. The smallest absolute Gasteiger partial charge is 0.145 e. The van der Waals surface area contributed by atoms with Crippen molar-refractivity contribution in [3.8, 4) is 39.2 Å². The molecule has 11 rings (SSSR count). The summed E-state index contributed by atoms with van der Waals surface area (Å²) in [6.45, 7) is 0. The van der Waals surface area contributed by atoms with Gasteiger partial charge in [0, 0.05) is 34.4 Å². The van der Waals surface area contributed by atoms with Gasteiger partial charge in [-0.25, -0.2) is 4.98 Å². The number of hydrogen-bond donors (Lipinski definition) is 0. The number of fused-ring (bicyclic) bond motifs is 4. The highest BCUT2D eigenvalue weighted by molar-refractivity contribution is 6.28. The van der Waals surface area contributed by atoms with E-state index in [9.17, 15) is 0 Å². The van der Waals surface area contributed by atoms with Crippen LogP contribution in [0.4, 0.5) is 0 Å². The highest BCUT2D eigenvalue weighted by Gasteiger charge is 2.18. The molecule has 0 spiro atoms. The maximum atomic E-state index is 4.83. The van der Waals surface area contributed by atoms with E-state index in [4.69, 9.17) is 9.97 Å². The first-order chi connectivity index (χ1) is 25.3. The van der Waals surface area contributed by atoms with Gasteiger partial charge in [-0.05, 0) is 114 Å². The molecular formula is C48H29N3. The molecule has 0 saturated heterocycles. The summed E-state index contributed by atoms with van der Waals surface area (Å²) in [4.78, 5) is 9.53. The van der Waals surface area contributed by atoms with Crippen molar-refractivity contribution >= 4 is 65.0 Å². The summed E-state index contributed by atoms with van der Waals surface area (Å²) < 4.78 is 2.27. The number of benzene rings is 8. The third-order valence-corrected chi connectivity index (χ3v) is 10.7. The third kappa shape index (κ3) is 4.12. The summed E-state index contributed by atoms with van der Waals surface area (Å²) in [5.74, 6) is 0. The van der Waals surface area contributed by atoms with Crippen LogP contribution in [0.2, 0.25) is 0 Å². The summed E-state index contributed by atoms with van der Waals surface area (Å²) in [5, 5.41) is 12.4. The van der Waals surface area contributed by atoms with Crippen molar-refractivity contribution in [1.82, 2.24) is 14.5 Å². The predicted octanol–water partition coefficient (Wildman–Crippen LogP) is 12.6. The Balaban J connectivity index is 1.12. The Morgan fingerprint density at radius 1 is 0.373 bits per heavy atom. The summed E-state index contributed by atoms with van der Waals surface area (Å²) in [6.07, 6.45) is 3.75. The van der Waals surface area contributed by atoms with Crippen LogP contribution in [0.5, 0.6) is 0 Å². The lowest BCUT2D eigenvalue weighted by molar-refractivity contribution is 1.14. The molecule has 0 aliphatic carbocycles. The van der Waals surface area contributed by atoms with E-state index in [1.807, 2.05) is 24.5 Å². The molecule has 8 aromatic carbocycles. The van der Waals surface area contributed by atoms with E-state index < -0.39 is 0 Å². The van der Waals surface area contributed by atoms with Crippen LogP contribution in [0.15, 0.2) is 176 Å². The van der Waals surface area contributed by atoms with E-state index in [1.54, 1.807) is 0 Å². The van der Waals surface area contributed by atoms with Crippen molar-refractivity contribution in [2.75, 3.05) is 0 Å². The van der Waals surface area contributed by atoms with Crippen LogP contribution in [0.1, 0.15) is 0 Å². The summed E-state index contributed by atoms with van der Waals surface area (Å²) in [6, 6.07) is 59.4. The molecule has 0 fully saturated rings. The molecule has 0 N–H and O–H groups in total. The van der Waals surface area contributed by atoms with E-state index in [0.29, 0.717) is 0 Å². The molecular weight excluding hydrogens is 619 g/mol. The van der Waals surface area contributed by atoms with Gasteiger partial charge in [-0.1, -0.05) is 115 Å². The second-order valence-corrected chi connectivity index (χ2v) is 13.3. The number of aromatic nitrogens is 3. The molecule has 0 atom stereocenters. The van der Waals surface area contributed by atoms with E-state index in [2.05, 4.69) is 156 Å². The molecule has 236 valence electrons. The van der Waals surface area contributed by atoms with Crippen molar-refractivity contribution in [2.45, 2.75) is 0 Å². The van der Waals surface area contributed by atoms with Crippen molar-refractivity contribution < 1.29 is 0 Å². The minimum Gasteiger partial charge on any atom is -0.294 e. The van der Waals surface area contributed by atoms with Crippen LogP contribution >= 0.6 is 0 Å². The van der Waals surface area contributed by atoms with E-state index >= 15 is 0 Å². The van der Waals surface area contributed by atoms with Crippen molar-refractivity contribution in [2.24, 2.45) is 0 Å². The van der Waals surface area contributed by atoms with Crippen LogP contribution < -0.4 is 0 Å². The zero-order valence-corrected chi connectivity index (χ0v) is 27.6. The number of hydrogen-bond acceptors (Lipinski definition) is 2. The molecule has 0 unspecified atom stereocenters. The molecule has 0 aliphatic rings. The maximum absolute atomic E-state index is 4.83. The minimum absolute atomic E-state index is 0.970. The Morgan fingerprint density at radius 2 is 0.980 bits per heavy atom. The monoisotopic (exact) mass is 647 g/mol. The first-order valence-corrected chi connectivity index (χ1v) is 17.4. The normalized spacial score (nSPS) is 11.9. The number of para-hydroxylation sites is 1. The first-order valence-electron chi connectivity index (χ1n) is 17.4. The van der Waals surface area contributed by atoms with Crippen LogP contribution in [0, 0.1) is 0 Å². The van der Waals surface area contributed by atoms with E-state index in [1.165, 1.54) is 70.7 Å². The highest BCUT2D eigenvalue weighted by atomic mass is 15.0. The van der Waals surface area contributed by atoms with Gasteiger partial charge in [0.1, 0.15) is 5.65 Å². The zero-order chi connectivity index (χ0) is 33.5. The number of nitrogens with zero attached hydrogens (tertiary/aromatic N) is 3. The fraction of sp³-hybridized carbons (Fsp3) is 0. The van der Waals surface area contributed by atoms with Gasteiger partial charge >= 0.3 is 0 Å².